The number of allylic oxidation sites excluding steroid dienone is 1. The minimum atomic E-state index is 0. The Bertz CT molecular complexity index is 331. The van der Waals surface area contributed by atoms with Gasteiger partial charge in [0.15, 0.2) is 0 Å². The standard InChI is InChI=1S/C11H14Si.Na.H/c1-8-3-5-10-9(7-8)4-6-11(10)12-2;;/h3-7,11H,12H2,1-2H3;;. The molecular weight excluding hydrogens is 183 g/mol. The Balaban J connectivity index is 0.000000845. The molecule has 0 fully saturated rings. The minimum absolute atomic E-state index is 0. The van der Waals surface area contributed by atoms with Crippen LogP contribution in [0.5, 0.6) is 0 Å². The van der Waals surface area contributed by atoms with Crippen molar-refractivity contribution in [1.82, 2.24) is 0 Å². The number of benzene rings is 1. The van der Waals surface area contributed by atoms with Gasteiger partial charge in [0, 0.05) is 9.52 Å². The van der Waals surface area contributed by atoms with Gasteiger partial charge in [0.25, 0.3) is 0 Å². The average Bonchev–Trinajstić information content (AvgIpc) is 2.46. The molecule has 0 aliphatic heterocycles. The molecular formula is C11H15NaSi. The van der Waals surface area contributed by atoms with E-state index in [1.165, 1.54) is 11.1 Å². The van der Waals surface area contributed by atoms with Crippen molar-refractivity contribution in [3.8, 4) is 0 Å². The molecule has 0 spiro atoms. The van der Waals surface area contributed by atoms with Crippen molar-refractivity contribution in [2.75, 3.05) is 0 Å². The zero-order valence-electron chi connectivity index (χ0n) is 7.67. The van der Waals surface area contributed by atoms with E-state index in [9.17, 15) is 0 Å². The topological polar surface area (TPSA) is 0 Å². The predicted octanol–water partition coefficient (Wildman–Crippen LogP) is 1.63. The molecule has 0 saturated heterocycles. The number of rotatable bonds is 1. The van der Waals surface area contributed by atoms with Gasteiger partial charge in [-0.1, -0.05) is 42.5 Å². The summed E-state index contributed by atoms with van der Waals surface area (Å²) in [5.74, 6) is 0. The van der Waals surface area contributed by atoms with Crippen molar-refractivity contribution < 1.29 is 0 Å². The Morgan fingerprint density at radius 2 is 2.08 bits per heavy atom. The van der Waals surface area contributed by atoms with E-state index in [1.807, 2.05) is 0 Å². The van der Waals surface area contributed by atoms with E-state index in [2.05, 4.69) is 43.8 Å². The van der Waals surface area contributed by atoms with Gasteiger partial charge in [-0.3, -0.25) is 0 Å². The van der Waals surface area contributed by atoms with Gasteiger partial charge in [-0.25, -0.2) is 0 Å². The predicted molar refractivity (Wildman–Crippen MR) is 64.5 cm³/mol. The summed E-state index contributed by atoms with van der Waals surface area (Å²) < 4.78 is 0. The summed E-state index contributed by atoms with van der Waals surface area (Å²) >= 11 is 0. The number of hydrogen-bond acceptors (Lipinski definition) is 0. The molecule has 2 rings (SSSR count). The molecule has 0 bridgehead atoms. The molecule has 1 unspecified atom stereocenters. The van der Waals surface area contributed by atoms with Crippen molar-refractivity contribution >= 4 is 45.2 Å². The zero-order chi connectivity index (χ0) is 8.55. The molecule has 1 aromatic rings. The molecule has 0 aromatic heterocycles. The second-order valence-corrected chi connectivity index (χ2v) is 5.20. The summed E-state index contributed by atoms with van der Waals surface area (Å²) in [6.07, 6.45) is 4.65. The molecule has 1 atom stereocenters. The Labute approximate surface area is 105 Å². The fourth-order valence-electron chi connectivity index (χ4n) is 1.86. The summed E-state index contributed by atoms with van der Waals surface area (Å²) in [7, 11) is 0.0827. The monoisotopic (exact) mass is 198 g/mol. The van der Waals surface area contributed by atoms with Crippen LogP contribution in [0, 0.1) is 6.92 Å². The number of aryl methyl sites for hydroxylation is 1. The van der Waals surface area contributed by atoms with Crippen LogP contribution in [0.1, 0.15) is 22.2 Å². The first-order chi connectivity index (χ1) is 5.81. The molecule has 0 N–H and O–H groups in total. The van der Waals surface area contributed by atoms with Crippen molar-refractivity contribution in [3.05, 3.63) is 41.0 Å². The fourth-order valence-corrected chi connectivity index (χ4v) is 3.08. The molecule has 0 saturated carbocycles. The first-order valence-electron chi connectivity index (χ1n) is 4.60. The third-order valence-electron chi connectivity index (χ3n) is 2.59. The Kier molecular flexibility index (Phi) is 3.99. The summed E-state index contributed by atoms with van der Waals surface area (Å²) in [5, 5.41) is 0. The van der Waals surface area contributed by atoms with E-state index in [4.69, 9.17) is 0 Å². The Morgan fingerprint density at radius 1 is 1.31 bits per heavy atom. The van der Waals surface area contributed by atoms with Gasteiger partial charge in [-0.2, -0.15) is 0 Å². The van der Waals surface area contributed by atoms with E-state index in [1.54, 1.807) is 5.56 Å². The molecule has 0 radical (unpaired) electrons. The van der Waals surface area contributed by atoms with Crippen LogP contribution in [0.25, 0.3) is 6.08 Å². The van der Waals surface area contributed by atoms with E-state index < -0.39 is 0 Å². The van der Waals surface area contributed by atoms with Crippen LogP contribution in [0.15, 0.2) is 24.3 Å². The second kappa shape index (κ2) is 4.60. The van der Waals surface area contributed by atoms with Gasteiger partial charge in [-0.05, 0) is 23.6 Å². The van der Waals surface area contributed by atoms with E-state index in [0.29, 0.717) is 0 Å². The first kappa shape index (κ1) is 11.3. The second-order valence-electron chi connectivity index (χ2n) is 3.51. The van der Waals surface area contributed by atoms with Gasteiger partial charge < -0.3 is 0 Å². The fraction of sp³-hybridized carbons (Fsp3) is 0.273. The van der Waals surface area contributed by atoms with Gasteiger partial charge in [0.1, 0.15) is 0 Å². The molecule has 0 heterocycles. The summed E-state index contributed by atoms with van der Waals surface area (Å²) in [6.45, 7) is 4.54. The summed E-state index contributed by atoms with van der Waals surface area (Å²) in [4.78, 5) is 0. The van der Waals surface area contributed by atoms with E-state index in [0.717, 1.165) is 5.54 Å². The molecule has 2 heteroatoms. The van der Waals surface area contributed by atoms with Crippen LogP contribution in [0.4, 0.5) is 0 Å². The number of hydrogen-bond donors (Lipinski definition) is 0. The van der Waals surface area contributed by atoms with Gasteiger partial charge >= 0.3 is 29.6 Å². The molecule has 1 aliphatic carbocycles. The third kappa shape index (κ3) is 2.16. The SMILES string of the molecule is C[SiH2]C1C=Cc2cc(C)ccc21.[NaH]. The summed E-state index contributed by atoms with van der Waals surface area (Å²) in [5.41, 5.74) is 5.20. The Hall–Kier alpha value is 0.177. The molecule has 0 nitrogen and oxygen atoms in total. The first-order valence-corrected chi connectivity index (χ1v) is 6.83. The van der Waals surface area contributed by atoms with Crippen molar-refractivity contribution in [2.24, 2.45) is 0 Å². The van der Waals surface area contributed by atoms with Crippen LogP contribution in [-0.2, 0) is 0 Å². The van der Waals surface area contributed by atoms with Gasteiger partial charge in [-0.15, -0.1) is 0 Å². The maximum absolute atomic E-state index is 2.38. The van der Waals surface area contributed by atoms with Crippen molar-refractivity contribution in [1.29, 1.82) is 0 Å². The maximum atomic E-state index is 2.38. The quantitative estimate of drug-likeness (QED) is 0.602. The van der Waals surface area contributed by atoms with Crippen LogP contribution in [0.2, 0.25) is 6.55 Å². The number of fused-ring (bicyclic) bond motifs is 1. The van der Waals surface area contributed by atoms with Crippen LogP contribution < -0.4 is 0 Å². The van der Waals surface area contributed by atoms with Crippen LogP contribution in [0.3, 0.4) is 0 Å². The molecule has 64 valence electrons. The van der Waals surface area contributed by atoms with Crippen molar-refractivity contribution in [2.45, 2.75) is 19.0 Å². The summed E-state index contributed by atoms with van der Waals surface area (Å²) in [6, 6.07) is 6.81. The Morgan fingerprint density at radius 3 is 2.77 bits per heavy atom. The van der Waals surface area contributed by atoms with Crippen LogP contribution >= 0.6 is 0 Å². The normalized spacial score (nSPS) is 19.1. The van der Waals surface area contributed by atoms with Crippen molar-refractivity contribution in [3.63, 3.8) is 0 Å². The van der Waals surface area contributed by atoms with E-state index >= 15 is 0 Å². The molecule has 1 aromatic carbocycles. The van der Waals surface area contributed by atoms with Crippen LogP contribution in [-0.4, -0.2) is 39.1 Å². The van der Waals surface area contributed by atoms with E-state index in [-0.39, 0.29) is 39.1 Å². The van der Waals surface area contributed by atoms with Gasteiger partial charge in [0.05, 0.1) is 0 Å². The average molecular weight is 198 g/mol. The third-order valence-corrected chi connectivity index (χ3v) is 4.18. The molecule has 0 amide bonds. The molecule has 13 heavy (non-hydrogen) atoms. The molecule has 1 aliphatic rings. The van der Waals surface area contributed by atoms with Gasteiger partial charge in [0.2, 0.25) is 0 Å². The zero-order valence-corrected chi connectivity index (χ0v) is 9.09.